The van der Waals surface area contributed by atoms with Gasteiger partial charge in [-0.1, -0.05) is 24.8 Å². The van der Waals surface area contributed by atoms with E-state index in [1.807, 2.05) is 67.5 Å². The number of rotatable bonds is 9. The summed E-state index contributed by atoms with van der Waals surface area (Å²) in [5.74, 6) is 0.524. The molecule has 3 rings (SSSR count). The van der Waals surface area contributed by atoms with Gasteiger partial charge < -0.3 is 15.0 Å². The van der Waals surface area contributed by atoms with Crippen molar-refractivity contribution in [1.82, 2.24) is 10.2 Å². The zero-order chi connectivity index (χ0) is 25.4. The Morgan fingerprint density at radius 1 is 1.40 bits per heavy atom. The number of hydrogen-bond donors (Lipinski definition) is 1. The zero-order valence-electron chi connectivity index (χ0n) is 20.4. The smallest absolute Gasteiger partial charge is 0.251 e. The number of halogens is 1. The second kappa shape index (κ2) is 12.7. The quantitative estimate of drug-likeness (QED) is 0.284. The average Bonchev–Trinajstić information content (AvgIpc) is 3.39. The highest BCUT2D eigenvalue weighted by Gasteiger charge is 2.37. The maximum absolute atomic E-state index is 13.9. The summed E-state index contributed by atoms with van der Waals surface area (Å²) in [5.41, 5.74) is 1.41. The maximum atomic E-state index is 13.9. The van der Waals surface area contributed by atoms with Crippen LogP contribution < -0.4 is 15.0 Å². The van der Waals surface area contributed by atoms with E-state index in [1.54, 1.807) is 18.2 Å². The molecule has 1 aromatic heterocycles. The van der Waals surface area contributed by atoms with Gasteiger partial charge in [-0.15, -0.1) is 22.9 Å². The first kappa shape index (κ1) is 26.7. The van der Waals surface area contributed by atoms with Gasteiger partial charge in [0.1, 0.15) is 23.4 Å². The first-order chi connectivity index (χ1) is 16.9. The molecule has 0 saturated carbocycles. The SMILES string of the molecule is C=C/C(=C\C=C/C)Oc1ccc(N(C(=O)CCl)[C@H](C(=O)N2CCN[C@H](C)C2)c2cccs2)c(C)c1. The summed E-state index contributed by atoms with van der Waals surface area (Å²) in [7, 11) is 0. The van der Waals surface area contributed by atoms with E-state index in [9.17, 15) is 9.59 Å². The van der Waals surface area contributed by atoms with Gasteiger partial charge in [0.15, 0.2) is 0 Å². The lowest BCUT2D eigenvalue weighted by Gasteiger charge is -2.38. The van der Waals surface area contributed by atoms with Gasteiger partial charge in [0.05, 0.1) is 0 Å². The Balaban J connectivity index is 2.01. The molecule has 186 valence electrons. The highest BCUT2D eigenvalue weighted by molar-refractivity contribution is 7.10. The molecule has 2 amide bonds. The molecule has 2 atom stereocenters. The summed E-state index contributed by atoms with van der Waals surface area (Å²) in [6.07, 6.45) is 7.22. The second-order valence-electron chi connectivity index (χ2n) is 8.30. The van der Waals surface area contributed by atoms with Crippen LogP contribution in [-0.4, -0.2) is 48.3 Å². The van der Waals surface area contributed by atoms with Crippen LogP contribution in [0.2, 0.25) is 0 Å². The van der Waals surface area contributed by atoms with E-state index in [1.165, 1.54) is 16.2 Å². The normalized spacial score (nSPS) is 17.3. The molecular formula is C27H32ClN3O3S. The van der Waals surface area contributed by atoms with Gasteiger partial charge in [-0.2, -0.15) is 0 Å². The Hall–Kier alpha value is -2.87. The number of piperazine rings is 1. The van der Waals surface area contributed by atoms with Gasteiger partial charge in [0.2, 0.25) is 5.91 Å². The third kappa shape index (κ3) is 6.63. The van der Waals surface area contributed by atoms with Crippen molar-refractivity contribution in [1.29, 1.82) is 0 Å². The van der Waals surface area contributed by atoms with E-state index in [0.29, 0.717) is 36.8 Å². The number of amides is 2. The van der Waals surface area contributed by atoms with Crippen LogP contribution in [0.15, 0.2) is 72.4 Å². The summed E-state index contributed by atoms with van der Waals surface area (Å²) in [6, 6.07) is 8.60. The van der Waals surface area contributed by atoms with E-state index in [-0.39, 0.29) is 23.7 Å². The van der Waals surface area contributed by atoms with Gasteiger partial charge in [0.25, 0.3) is 5.91 Å². The van der Waals surface area contributed by atoms with Gasteiger partial charge in [-0.05, 0) is 68.1 Å². The molecule has 1 fully saturated rings. The second-order valence-corrected chi connectivity index (χ2v) is 9.55. The molecule has 2 heterocycles. The monoisotopic (exact) mass is 513 g/mol. The van der Waals surface area contributed by atoms with Crippen molar-refractivity contribution >= 4 is 40.4 Å². The highest BCUT2D eigenvalue weighted by Crippen LogP contribution is 2.36. The summed E-state index contributed by atoms with van der Waals surface area (Å²) in [4.78, 5) is 31.3. The van der Waals surface area contributed by atoms with Gasteiger partial charge >= 0.3 is 0 Å². The molecule has 0 unspecified atom stereocenters. The van der Waals surface area contributed by atoms with Gasteiger partial charge in [0, 0.05) is 36.2 Å². The Kier molecular flexibility index (Phi) is 9.72. The number of nitrogens with zero attached hydrogens (tertiary/aromatic N) is 2. The van der Waals surface area contributed by atoms with Crippen LogP contribution in [0.5, 0.6) is 5.75 Å². The van der Waals surface area contributed by atoms with Crippen LogP contribution in [-0.2, 0) is 9.59 Å². The van der Waals surface area contributed by atoms with E-state index >= 15 is 0 Å². The fourth-order valence-corrected chi connectivity index (χ4v) is 4.96. The summed E-state index contributed by atoms with van der Waals surface area (Å²) in [5, 5.41) is 5.27. The lowest BCUT2D eigenvalue weighted by atomic mass is 10.1. The van der Waals surface area contributed by atoms with E-state index in [0.717, 1.165) is 10.4 Å². The molecule has 0 aliphatic carbocycles. The number of carbonyl (C=O) groups excluding carboxylic acids is 2. The predicted octanol–water partition coefficient (Wildman–Crippen LogP) is 5.21. The topological polar surface area (TPSA) is 61.9 Å². The third-order valence-electron chi connectivity index (χ3n) is 5.69. The highest BCUT2D eigenvalue weighted by atomic mass is 35.5. The number of benzene rings is 1. The number of thiophene rings is 1. The Morgan fingerprint density at radius 3 is 2.80 bits per heavy atom. The molecular weight excluding hydrogens is 482 g/mol. The molecule has 1 aliphatic rings. The first-order valence-electron chi connectivity index (χ1n) is 11.6. The number of aryl methyl sites for hydroxylation is 1. The van der Waals surface area contributed by atoms with Gasteiger partial charge in [-0.25, -0.2) is 0 Å². The van der Waals surface area contributed by atoms with Gasteiger partial charge in [-0.3, -0.25) is 14.5 Å². The number of allylic oxidation sites excluding steroid dienone is 4. The molecule has 8 heteroatoms. The Labute approximate surface area is 216 Å². The van der Waals surface area contributed by atoms with Crippen LogP contribution in [0.4, 0.5) is 5.69 Å². The molecule has 6 nitrogen and oxygen atoms in total. The van der Waals surface area contributed by atoms with E-state index < -0.39 is 6.04 Å². The van der Waals surface area contributed by atoms with Crippen LogP contribution in [0.25, 0.3) is 0 Å². The van der Waals surface area contributed by atoms with E-state index in [4.69, 9.17) is 16.3 Å². The number of nitrogens with one attached hydrogen (secondary N) is 1. The van der Waals surface area contributed by atoms with Crippen LogP contribution in [0.3, 0.4) is 0 Å². The number of ether oxygens (including phenoxy) is 1. The molecule has 0 spiro atoms. The molecule has 35 heavy (non-hydrogen) atoms. The van der Waals surface area contributed by atoms with Crippen molar-refractivity contribution in [2.75, 3.05) is 30.4 Å². The minimum atomic E-state index is -0.796. The standard InChI is InChI=1S/C27H32ClN3O3S/c1-5-7-9-21(6-2)34-22-11-12-23(19(3)16-22)31(25(32)17-28)26(24-10-8-15-35-24)27(33)30-14-13-29-20(4)18-30/h5-12,15-16,20,26,29H,2,13-14,17-18H2,1,3-4H3/b7-5-,21-9+/t20-,26+/m1/s1. The molecule has 0 bridgehead atoms. The summed E-state index contributed by atoms with van der Waals surface area (Å²) >= 11 is 7.52. The number of alkyl halides is 1. The molecule has 1 aliphatic heterocycles. The minimum absolute atomic E-state index is 0.109. The van der Waals surface area contributed by atoms with Crippen molar-refractivity contribution in [2.24, 2.45) is 0 Å². The molecule has 0 radical (unpaired) electrons. The summed E-state index contributed by atoms with van der Waals surface area (Å²) < 4.78 is 5.94. The van der Waals surface area contributed by atoms with Crippen LogP contribution >= 0.6 is 22.9 Å². The fourth-order valence-electron chi connectivity index (χ4n) is 4.03. The summed E-state index contributed by atoms with van der Waals surface area (Å²) in [6.45, 7) is 11.5. The average molecular weight is 514 g/mol. The number of hydrogen-bond acceptors (Lipinski definition) is 5. The van der Waals surface area contributed by atoms with Crippen LogP contribution in [0.1, 0.15) is 30.3 Å². The predicted molar refractivity (Wildman–Crippen MR) is 144 cm³/mol. The third-order valence-corrected chi connectivity index (χ3v) is 6.84. The minimum Gasteiger partial charge on any atom is -0.457 e. The molecule has 1 saturated heterocycles. The molecule has 1 aromatic carbocycles. The van der Waals surface area contributed by atoms with Crippen molar-refractivity contribution < 1.29 is 14.3 Å². The molecule has 1 N–H and O–H groups in total. The fraction of sp³-hybridized carbons (Fsp3) is 0.333. The van der Waals surface area contributed by atoms with Crippen LogP contribution in [0, 0.1) is 6.92 Å². The Bertz CT molecular complexity index is 1100. The lowest BCUT2D eigenvalue weighted by molar-refractivity contribution is -0.135. The first-order valence-corrected chi connectivity index (χ1v) is 13.0. The van der Waals surface area contributed by atoms with Crippen molar-refractivity contribution in [2.45, 2.75) is 32.9 Å². The Morgan fingerprint density at radius 2 is 2.20 bits per heavy atom. The van der Waals surface area contributed by atoms with Crippen molar-refractivity contribution in [3.05, 3.63) is 82.8 Å². The van der Waals surface area contributed by atoms with Crippen molar-refractivity contribution in [3.8, 4) is 5.75 Å². The maximum Gasteiger partial charge on any atom is 0.251 e. The van der Waals surface area contributed by atoms with E-state index in [2.05, 4.69) is 11.9 Å². The number of carbonyl (C=O) groups is 2. The lowest BCUT2D eigenvalue weighted by Crippen LogP contribution is -2.55. The van der Waals surface area contributed by atoms with Crippen molar-refractivity contribution in [3.63, 3.8) is 0 Å². The zero-order valence-corrected chi connectivity index (χ0v) is 21.9. The largest absolute Gasteiger partial charge is 0.457 e. The molecule has 2 aromatic rings. The number of anilines is 1.